The van der Waals surface area contributed by atoms with Gasteiger partial charge in [-0.15, -0.1) is 0 Å². The highest BCUT2D eigenvalue weighted by Gasteiger charge is 2.14. The van der Waals surface area contributed by atoms with Gasteiger partial charge < -0.3 is 5.32 Å². The molecule has 0 aliphatic heterocycles. The molecule has 106 valence electrons. The van der Waals surface area contributed by atoms with E-state index in [4.69, 9.17) is 34.8 Å². The molecule has 0 spiro atoms. The number of aryl methyl sites for hydroxylation is 1. The minimum Gasteiger partial charge on any atom is -0.377 e. The average Bonchev–Trinajstić information content (AvgIpc) is 2.40. The molecule has 2 aromatic carbocycles. The van der Waals surface area contributed by atoms with E-state index in [-0.39, 0.29) is 6.04 Å². The Kier molecular flexibility index (Phi) is 5.20. The minimum absolute atomic E-state index is 0.0964. The predicted octanol–water partition coefficient (Wildman–Crippen LogP) is 6.52. The van der Waals surface area contributed by atoms with E-state index in [0.29, 0.717) is 15.1 Å². The van der Waals surface area contributed by atoms with Crippen molar-refractivity contribution in [3.05, 3.63) is 62.6 Å². The first kappa shape index (κ1) is 15.5. The second kappa shape index (κ2) is 6.71. The first-order valence-corrected chi connectivity index (χ1v) is 7.62. The summed E-state index contributed by atoms with van der Waals surface area (Å²) in [4.78, 5) is 0. The van der Waals surface area contributed by atoms with Crippen molar-refractivity contribution in [1.29, 1.82) is 0 Å². The monoisotopic (exact) mass is 327 g/mol. The third kappa shape index (κ3) is 3.60. The topological polar surface area (TPSA) is 12.0 Å². The van der Waals surface area contributed by atoms with E-state index in [9.17, 15) is 0 Å². The van der Waals surface area contributed by atoms with Gasteiger partial charge in [0.2, 0.25) is 0 Å². The summed E-state index contributed by atoms with van der Waals surface area (Å²) < 4.78 is 0. The summed E-state index contributed by atoms with van der Waals surface area (Å²) in [6.07, 6.45) is 0.894. The molecule has 20 heavy (non-hydrogen) atoms. The molecule has 1 unspecified atom stereocenters. The molecular weight excluding hydrogens is 313 g/mol. The van der Waals surface area contributed by atoms with Crippen LogP contribution in [-0.4, -0.2) is 0 Å². The summed E-state index contributed by atoms with van der Waals surface area (Å²) in [5, 5.41) is 5.47. The van der Waals surface area contributed by atoms with Gasteiger partial charge in [-0.1, -0.05) is 53.9 Å². The van der Waals surface area contributed by atoms with Gasteiger partial charge in [0.05, 0.1) is 16.8 Å². The maximum atomic E-state index is 6.28. The molecule has 1 nitrogen and oxygen atoms in total. The molecule has 0 heterocycles. The van der Waals surface area contributed by atoms with Crippen molar-refractivity contribution in [3.63, 3.8) is 0 Å². The minimum atomic E-state index is 0.0964. The van der Waals surface area contributed by atoms with Crippen molar-refractivity contribution < 1.29 is 0 Å². The van der Waals surface area contributed by atoms with Crippen LogP contribution in [0.1, 0.15) is 30.5 Å². The molecule has 1 atom stereocenters. The van der Waals surface area contributed by atoms with Gasteiger partial charge in [0.15, 0.2) is 0 Å². The van der Waals surface area contributed by atoms with Crippen molar-refractivity contribution >= 4 is 40.5 Å². The zero-order valence-corrected chi connectivity index (χ0v) is 13.7. The Labute approximate surface area is 134 Å². The van der Waals surface area contributed by atoms with Crippen molar-refractivity contribution in [3.8, 4) is 0 Å². The van der Waals surface area contributed by atoms with Crippen LogP contribution in [0.5, 0.6) is 0 Å². The lowest BCUT2D eigenvalue weighted by Crippen LogP contribution is -2.10. The molecule has 1 N–H and O–H groups in total. The fourth-order valence-corrected chi connectivity index (χ4v) is 2.83. The fourth-order valence-electron chi connectivity index (χ4n) is 2.12. The lowest BCUT2D eigenvalue weighted by molar-refractivity contribution is 0.749. The Bertz CT molecular complexity index is 611. The van der Waals surface area contributed by atoms with Crippen LogP contribution in [0.2, 0.25) is 15.1 Å². The molecule has 0 amide bonds. The van der Waals surface area contributed by atoms with E-state index < -0.39 is 0 Å². The van der Waals surface area contributed by atoms with Crippen LogP contribution >= 0.6 is 34.8 Å². The molecule has 0 bridgehead atoms. The number of halogens is 3. The highest BCUT2D eigenvalue weighted by Crippen LogP contribution is 2.33. The quantitative estimate of drug-likeness (QED) is 0.673. The molecule has 0 saturated carbocycles. The van der Waals surface area contributed by atoms with E-state index in [1.807, 2.05) is 37.3 Å². The van der Waals surface area contributed by atoms with Crippen LogP contribution in [0.25, 0.3) is 0 Å². The maximum absolute atomic E-state index is 6.28. The van der Waals surface area contributed by atoms with Crippen LogP contribution < -0.4 is 5.32 Å². The second-order valence-electron chi connectivity index (χ2n) is 4.75. The lowest BCUT2D eigenvalue weighted by atomic mass is 10.0. The zero-order chi connectivity index (χ0) is 14.7. The van der Waals surface area contributed by atoms with Crippen molar-refractivity contribution in [2.75, 3.05) is 5.32 Å². The van der Waals surface area contributed by atoms with Gasteiger partial charge in [0.25, 0.3) is 0 Å². The molecule has 0 fully saturated rings. The highest BCUT2D eigenvalue weighted by molar-refractivity contribution is 6.35. The normalized spacial score (nSPS) is 12.2. The number of benzene rings is 2. The Balaban J connectivity index is 2.31. The third-order valence-electron chi connectivity index (χ3n) is 3.20. The van der Waals surface area contributed by atoms with Gasteiger partial charge in [-0.05, 0) is 48.7 Å². The summed E-state index contributed by atoms with van der Waals surface area (Å²) in [6.45, 7) is 4.14. The van der Waals surface area contributed by atoms with Crippen molar-refractivity contribution in [1.82, 2.24) is 0 Å². The Morgan fingerprint density at radius 2 is 1.75 bits per heavy atom. The number of hydrogen-bond acceptors (Lipinski definition) is 1. The van der Waals surface area contributed by atoms with Crippen LogP contribution in [0.4, 0.5) is 5.69 Å². The van der Waals surface area contributed by atoms with E-state index in [1.165, 1.54) is 0 Å². The molecule has 0 aliphatic rings. The van der Waals surface area contributed by atoms with E-state index in [1.54, 1.807) is 6.07 Å². The molecule has 4 heteroatoms. The summed E-state index contributed by atoms with van der Waals surface area (Å²) >= 11 is 18.5. The molecule has 0 saturated heterocycles. The Morgan fingerprint density at radius 3 is 2.40 bits per heavy atom. The standard InChI is InChI=1S/C16H16Cl3N/c1-3-15(12-6-5-11(17)9-14(12)19)20-16-8-10(2)4-7-13(16)18/h4-9,15,20H,3H2,1-2H3. The summed E-state index contributed by atoms with van der Waals surface area (Å²) in [5.74, 6) is 0. The molecule has 0 aromatic heterocycles. The smallest absolute Gasteiger partial charge is 0.0637 e. The van der Waals surface area contributed by atoms with Gasteiger partial charge in [-0.2, -0.15) is 0 Å². The van der Waals surface area contributed by atoms with Crippen LogP contribution in [0.3, 0.4) is 0 Å². The molecule has 0 radical (unpaired) electrons. The number of hydrogen-bond donors (Lipinski definition) is 1. The van der Waals surface area contributed by atoms with E-state index in [0.717, 1.165) is 23.2 Å². The van der Waals surface area contributed by atoms with Gasteiger partial charge in [-0.25, -0.2) is 0 Å². The Morgan fingerprint density at radius 1 is 1.00 bits per heavy atom. The predicted molar refractivity (Wildman–Crippen MR) is 89.3 cm³/mol. The third-order valence-corrected chi connectivity index (χ3v) is 4.09. The largest absolute Gasteiger partial charge is 0.377 e. The molecule has 2 rings (SSSR count). The Hall–Kier alpha value is -0.890. The zero-order valence-electron chi connectivity index (χ0n) is 11.4. The van der Waals surface area contributed by atoms with E-state index in [2.05, 4.69) is 12.2 Å². The highest BCUT2D eigenvalue weighted by atomic mass is 35.5. The lowest BCUT2D eigenvalue weighted by Gasteiger charge is -2.21. The second-order valence-corrected chi connectivity index (χ2v) is 6.01. The fraction of sp³-hybridized carbons (Fsp3) is 0.250. The van der Waals surface area contributed by atoms with Crippen molar-refractivity contribution in [2.45, 2.75) is 26.3 Å². The first-order chi connectivity index (χ1) is 9.51. The maximum Gasteiger partial charge on any atom is 0.0637 e. The molecule has 2 aromatic rings. The number of anilines is 1. The van der Waals surface area contributed by atoms with Gasteiger partial charge >= 0.3 is 0 Å². The van der Waals surface area contributed by atoms with Crippen molar-refractivity contribution in [2.24, 2.45) is 0 Å². The summed E-state index contributed by atoms with van der Waals surface area (Å²) in [6, 6.07) is 11.6. The van der Waals surface area contributed by atoms with Crippen LogP contribution in [0, 0.1) is 6.92 Å². The van der Waals surface area contributed by atoms with Gasteiger partial charge in [0, 0.05) is 10.0 Å². The number of nitrogens with one attached hydrogen (secondary N) is 1. The average molecular weight is 329 g/mol. The molecular formula is C16H16Cl3N. The van der Waals surface area contributed by atoms with Gasteiger partial charge in [-0.3, -0.25) is 0 Å². The van der Waals surface area contributed by atoms with Gasteiger partial charge in [0.1, 0.15) is 0 Å². The van der Waals surface area contributed by atoms with E-state index >= 15 is 0 Å². The number of rotatable bonds is 4. The van der Waals surface area contributed by atoms with Crippen LogP contribution in [0.15, 0.2) is 36.4 Å². The summed E-state index contributed by atoms with van der Waals surface area (Å²) in [5.41, 5.74) is 3.11. The van der Waals surface area contributed by atoms with Crippen LogP contribution in [-0.2, 0) is 0 Å². The molecule has 0 aliphatic carbocycles. The SMILES string of the molecule is CCC(Nc1cc(C)ccc1Cl)c1ccc(Cl)cc1Cl. The summed E-state index contributed by atoms with van der Waals surface area (Å²) in [7, 11) is 0. The first-order valence-electron chi connectivity index (χ1n) is 6.49.